The average molecular weight is 479 g/mol. The van der Waals surface area contributed by atoms with E-state index in [1.807, 2.05) is 36.4 Å². The zero-order valence-corrected chi connectivity index (χ0v) is 20.4. The van der Waals surface area contributed by atoms with Gasteiger partial charge in [-0.2, -0.15) is 0 Å². The summed E-state index contributed by atoms with van der Waals surface area (Å²) in [5.74, 6) is 1.03. The number of methoxy groups -OCH3 is 1. The van der Waals surface area contributed by atoms with Crippen LogP contribution >= 0.6 is 23.2 Å². The molecule has 174 valence electrons. The highest BCUT2D eigenvalue weighted by atomic mass is 35.5. The second-order valence-electron chi connectivity index (χ2n) is 8.51. The van der Waals surface area contributed by atoms with Crippen molar-refractivity contribution in [3.8, 4) is 5.75 Å². The average Bonchev–Trinajstić information content (AvgIpc) is 2.77. The molecule has 0 radical (unpaired) electrons. The maximum absolute atomic E-state index is 12.6. The molecular weight excluding hydrogens is 447 g/mol. The van der Waals surface area contributed by atoms with Crippen LogP contribution in [0.2, 0.25) is 10.0 Å². The molecular formula is C24H32Cl2N4O2. The second kappa shape index (κ2) is 11.8. The van der Waals surface area contributed by atoms with Gasteiger partial charge in [-0.1, -0.05) is 49.2 Å². The number of nitrogens with one attached hydrogen (secondary N) is 2. The minimum absolute atomic E-state index is 0.0576. The third-order valence-electron chi connectivity index (χ3n) is 5.76. The van der Waals surface area contributed by atoms with Crippen LogP contribution in [-0.4, -0.2) is 61.7 Å². The van der Waals surface area contributed by atoms with Gasteiger partial charge in [-0.05, 0) is 35.7 Å². The summed E-state index contributed by atoms with van der Waals surface area (Å²) >= 11 is 12.2. The van der Waals surface area contributed by atoms with Crippen molar-refractivity contribution < 1.29 is 9.53 Å². The third kappa shape index (κ3) is 7.27. The lowest BCUT2D eigenvalue weighted by Crippen LogP contribution is -2.53. The predicted octanol–water partition coefficient (Wildman–Crippen LogP) is 4.97. The molecule has 1 aliphatic rings. The van der Waals surface area contributed by atoms with Crippen LogP contribution in [0, 0.1) is 5.92 Å². The summed E-state index contributed by atoms with van der Waals surface area (Å²) in [5.41, 5.74) is 1.88. The van der Waals surface area contributed by atoms with E-state index < -0.39 is 0 Å². The first-order chi connectivity index (χ1) is 15.3. The SMILES string of the molecule is COc1cccc(NC(=O)NC(CN2CCN(Cc3ccc(Cl)c(Cl)c3)CC2)C(C)C)c1. The fourth-order valence-corrected chi connectivity index (χ4v) is 4.08. The number of amides is 2. The molecule has 1 unspecified atom stereocenters. The van der Waals surface area contributed by atoms with Gasteiger partial charge < -0.3 is 15.4 Å². The minimum Gasteiger partial charge on any atom is -0.497 e. The van der Waals surface area contributed by atoms with Gasteiger partial charge >= 0.3 is 6.03 Å². The van der Waals surface area contributed by atoms with Gasteiger partial charge in [-0.25, -0.2) is 4.79 Å². The quantitative estimate of drug-likeness (QED) is 0.562. The van der Waals surface area contributed by atoms with Gasteiger partial charge in [0.25, 0.3) is 0 Å². The number of carbonyl (C=O) groups is 1. The van der Waals surface area contributed by atoms with Crippen molar-refractivity contribution in [1.29, 1.82) is 0 Å². The van der Waals surface area contributed by atoms with E-state index in [-0.39, 0.29) is 12.1 Å². The topological polar surface area (TPSA) is 56.8 Å². The molecule has 1 heterocycles. The first-order valence-corrected chi connectivity index (χ1v) is 11.7. The van der Waals surface area contributed by atoms with Crippen molar-refractivity contribution in [2.75, 3.05) is 45.2 Å². The molecule has 2 aromatic carbocycles. The molecule has 6 nitrogen and oxygen atoms in total. The van der Waals surface area contributed by atoms with Crippen molar-refractivity contribution in [1.82, 2.24) is 15.1 Å². The normalized spacial score (nSPS) is 16.1. The largest absolute Gasteiger partial charge is 0.497 e. The molecule has 2 N–H and O–H groups in total. The van der Waals surface area contributed by atoms with E-state index in [0.29, 0.717) is 27.4 Å². The number of rotatable bonds is 8. The van der Waals surface area contributed by atoms with Gasteiger partial charge in [0, 0.05) is 57.1 Å². The van der Waals surface area contributed by atoms with Gasteiger partial charge in [0.15, 0.2) is 0 Å². The minimum atomic E-state index is -0.199. The molecule has 3 rings (SSSR count). The number of piperazine rings is 1. The second-order valence-corrected chi connectivity index (χ2v) is 9.32. The van der Waals surface area contributed by atoms with Crippen molar-refractivity contribution >= 4 is 34.9 Å². The first-order valence-electron chi connectivity index (χ1n) is 10.9. The van der Waals surface area contributed by atoms with Crippen molar-refractivity contribution in [3.05, 3.63) is 58.1 Å². The number of anilines is 1. The molecule has 2 aromatic rings. The standard InChI is InChI=1S/C24H32Cl2N4O2/c1-17(2)23(28-24(31)27-19-5-4-6-20(14-19)32-3)16-30-11-9-29(10-12-30)15-18-7-8-21(25)22(26)13-18/h4-8,13-14,17,23H,9-12,15-16H2,1-3H3,(H2,27,28,31). The van der Waals surface area contributed by atoms with Crippen LogP contribution in [-0.2, 0) is 6.54 Å². The fourth-order valence-electron chi connectivity index (χ4n) is 3.76. The van der Waals surface area contributed by atoms with E-state index in [4.69, 9.17) is 27.9 Å². The lowest BCUT2D eigenvalue weighted by molar-refractivity contribution is 0.113. The Morgan fingerprint density at radius 1 is 1.03 bits per heavy atom. The van der Waals surface area contributed by atoms with E-state index >= 15 is 0 Å². The van der Waals surface area contributed by atoms with Crippen LogP contribution in [0.1, 0.15) is 19.4 Å². The molecule has 2 amide bonds. The number of halogens is 2. The van der Waals surface area contributed by atoms with Gasteiger partial charge in [0.05, 0.1) is 17.2 Å². The van der Waals surface area contributed by atoms with E-state index in [9.17, 15) is 4.79 Å². The summed E-state index contributed by atoms with van der Waals surface area (Å²) in [6, 6.07) is 13.0. The fraction of sp³-hybridized carbons (Fsp3) is 0.458. The molecule has 0 saturated carbocycles. The Bertz CT molecular complexity index is 901. The van der Waals surface area contributed by atoms with E-state index in [1.165, 1.54) is 5.56 Å². The van der Waals surface area contributed by atoms with E-state index in [2.05, 4.69) is 34.3 Å². The Kier molecular flexibility index (Phi) is 9.05. The molecule has 0 bridgehead atoms. The van der Waals surface area contributed by atoms with Gasteiger partial charge in [0.2, 0.25) is 0 Å². The summed E-state index contributed by atoms with van der Waals surface area (Å²) in [4.78, 5) is 17.4. The zero-order chi connectivity index (χ0) is 23.1. The molecule has 0 spiro atoms. The van der Waals surface area contributed by atoms with Gasteiger partial charge in [0.1, 0.15) is 5.75 Å². The number of carbonyl (C=O) groups excluding carboxylic acids is 1. The van der Waals surface area contributed by atoms with Crippen LogP contribution in [0.15, 0.2) is 42.5 Å². The summed E-state index contributed by atoms with van der Waals surface area (Å²) in [5, 5.41) is 7.23. The summed E-state index contributed by atoms with van der Waals surface area (Å²) in [6.07, 6.45) is 0. The maximum Gasteiger partial charge on any atom is 0.319 e. The highest BCUT2D eigenvalue weighted by molar-refractivity contribution is 6.42. The van der Waals surface area contributed by atoms with E-state index in [0.717, 1.165) is 39.3 Å². The Balaban J connectivity index is 1.47. The number of ether oxygens (including phenoxy) is 1. The van der Waals surface area contributed by atoms with Gasteiger partial charge in [-0.3, -0.25) is 9.80 Å². The van der Waals surface area contributed by atoms with Crippen LogP contribution in [0.5, 0.6) is 5.75 Å². The Labute approximate surface area is 200 Å². The van der Waals surface area contributed by atoms with Crippen molar-refractivity contribution in [2.24, 2.45) is 5.92 Å². The molecule has 8 heteroatoms. The van der Waals surface area contributed by atoms with Gasteiger partial charge in [-0.15, -0.1) is 0 Å². The lowest BCUT2D eigenvalue weighted by atomic mass is 10.0. The number of urea groups is 1. The van der Waals surface area contributed by atoms with E-state index in [1.54, 1.807) is 13.2 Å². The Morgan fingerprint density at radius 3 is 2.41 bits per heavy atom. The number of hydrogen-bond acceptors (Lipinski definition) is 4. The lowest BCUT2D eigenvalue weighted by Gasteiger charge is -2.37. The molecule has 32 heavy (non-hydrogen) atoms. The zero-order valence-electron chi connectivity index (χ0n) is 18.9. The maximum atomic E-state index is 12.6. The van der Waals surface area contributed by atoms with Crippen molar-refractivity contribution in [3.63, 3.8) is 0 Å². The molecule has 0 aliphatic carbocycles. The molecule has 1 atom stereocenters. The predicted molar refractivity (Wildman–Crippen MR) is 132 cm³/mol. The summed E-state index contributed by atoms with van der Waals surface area (Å²) in [6.45, 7) is 9.83. The number of hydrogen-bond donors (Lipinski definition) is 2. The molecule has 1 fully saturated rings. The molecule has 1 saturated heterocycles. The Morgan fingerprint density at radius 2 is 1.75 bits per heavy atom. The van der Waals surface area contributed by atoms with Crippen LogP contribution < -0.4 is 15.4 Å². The first kappa shape index (κ1) is 24.6. The molecule has 1 aliphatic heterocycles. The van der Waals surface area contributed by atoms with Crippen LogP contribution in [0.25, 0.3) is 0 Å². The molecule has 0 aromatic heterocycles. The van der Waals surface area contributed by atoms with Crippen LogP contribution in [0.3, 0.4) is 0 Å². The highest BCUT2D eigenvalue weighted by Crippen LogP contribution is 2.23. The summed E-state index contributed by atoms with van der Waals surface area (Å²) < 4.78 is 5.22. The highest BCUT2D eigenvalue weighted by Gasteiger charge is 2.23. The summed E-state index contributed by atoms with van der Waals surface area (Å²) in [7, 11) is 1.61. The number of benzene rings is 2. The van der Waals surface area contributed by atoms with Crippen molar-refractivity contribution in [2.45, 2.75) is 26.4 Å². The third-order valence-corrected chi connectivity index (χ3v) is 6.50. The van der Waals surface area contributed by atoms with Crippen LogP contribution in [0.4, 0.5) is 10.5 Å². The number of nitrogens with zero attached hydrogens (tertiary/aromatic N) is 2. The smallest absolute Gasteiger partial charge is 0.319 e. The monoisotopic (exact) mass is 478 g/mol. The Hall–Kier alpha value is -1.99.